The first-order chi connectivity index (χ1) is 14.1. The minimum absolute atomic E-state index is 0.0132. The number of ether oxygens (including phenoxy) is 2. The maximum Gasteiger partial charge on any atom is 0.418 e. The van der Waals surface area contributed by atoms with Gasteiger partial charge in [0.25, 0.3) is 11.1 Å². The predicted octanol–water partition coefficient (Wildman–Crippen LogP) is 5.72. The molecule has 1 aliphatic rings. The van der Waals surface area contributed by atoms with Crippen LogP contribution in [-0.4, -0.2) is 30.2 Å². The highest BCUT2D eigenvalue weighted by molar-refractivity contribution is 8.18. The SMILES string of the molecule is [C-]#[N+]c1ccc(Oc2ccc(/C=C3\SC(=O)N(C)C3=O)cc2OC)c(C(F)(F)F)c1. The largest absolute Gasteiger partial charge is 0.493 e. The fourth-order valence-corrected chi connectivity index (χ4v) is 3.40. The van der Waals surface area contributed by atoms with Crippen LogP contribution in [0.5, 0.6) is 17.2 Å². The highest BCUT2D eigenvalue weighted by atomic mass is 32.2. The van der Waals surface area contributed by atoms with Gasteiger partial charge in [-0.05, 0) is 47.7 Å². The molecule has 1 fully saturated rings. The van der Waals surface area contributed by atoms with E-state index >= 15 is 0 Å². The van der Waals surface area contributed by atoms with E-state index in [2.05, 4.69) is 4.85 Å². The first-order valence-corrected chi connectivity index (χ1v) is 9.12. The monoisotopic (exact) mass is 434 g/mol. The van der Waals surface area contributed by atoms with Gasteiger partial charge >= 0.3 is 6.18 Å². The molecule has 2 aromatic rings. The molecule has 0 saturated carbocycles. The Morgan fingerprint density at radius 2 is 1.80 bits per heavy atom. The molecule has 3 rings (SSSR count). The highest BCUT2D eigenvalue weighted by Crippen LogP contribution is 2.42. The molecule has 0 bridgehead atoms. The van der Waals surface area contributed by atoms with Crippen molar-refractivity contribution >= 4 is 34.7 Å². The molecular weight excluding hydrogens is 421 g/mol. The topological polar surface area (TPSA) is 60.2 Å². The van der Waals surface area contributed by atoms with Gasteiger partial charge in [0.15, 0.2) is 17.2 Å². The summed E-state index contributed by atoms with van der Waals surface area (Å²) in [6.45, 7) is 6.90. The number of hydrogen-bond acceptors (Lipinski definition) is 5. The van der Waals surface area contributed by atoms with Gasteiger partial charge in [0.2, 0.25) is 0 Å². The third-order valence-corrected chi connectivity index (χ3v) is 5.05. The second-order valence-corrected chi connectivity index (χ2v) is 7.04. The molecule has 2 aromatic carbocycles. The number of halogens is 3. The Morgan fingerprint density at radius 1 is 1.10 bits per heavy atom. The van der Waals surface area contributed by atoms with Gasteiger partial charge in [-0.1, -0.05) is 12.1 Å². The van der Waals surface area contributed by atoms with E-state index in [1.807, 2.05) is 0 Å². The number of carbonyl (C=O) groups is 2. The van der Waals surface area contributed by atoms with Crippen LogP contribution in [-0.2, 0) is 11.0 Å². The lowest BCUT2D eigenvalue weighted by Crippen LogP contribution is -2.22. The van der Waals surface area contributed by atoms with Crippen LogP contribution in [0.4, 0.5) is 23.7 Å². The van der Waals surface area contributed by atoms with Crippen molar-refractivity contribution in [1.82, 2.24) is 4.90 Å². The Balaban J connectivity index is 1.95. The van der Waals surface area contributed by atoms with Crippen molar-refractivity contribution < 1.29 is 32.2 Å². The minimum Gasteiger partial charge on any atom is -0.493 e. The number of likely N-dealkylation sites (N-methyl/N-ethyl adjacent to an activating group) is 1. The van der Waals surface area contributed by atoms with E-state index in [1.165, 1.54) is 44.5 Å². The summed E-state index contributed by atoms with van der Waals surface area (Å²) in [4.78, 5) is 27.8. The number of nitrogens with zero attached hydrogens (tertiary/aromatic N) is 2. The van der Waals surface area contributed by atoms with Gasteiger partial charge in [-0.2, -0.15) is 13.2 Å². The molecule has 0 aromatic heterocycles. The van der Waals surface area contributed by atoms with Gasteiger partial charge in [-0.25, -0.2) is 4.85 Å². The molecule has 0 unspecified atom stereocenters. The minimum atomic E-state index is -4.72. The van der Waals surface area contributed by atoms with Crippen LogP contribution < -0.4 is 9.47 Å². The fourth-order valence-electron chi connectivity index (χ4n) is 2.57. The van der Waals surface area contributed by atoms with Gasteiger partial charge in [-0.15, -0.1) is 0 Å². The smallest absolute Gasteiger partial charge is 0.418 e. The average Bonchev–Trinajstić information content (AvgIpc) is 2.95. The summed E-state index contributed by atoms with van der Waals surface area (Å²) in [5, 5.41) is -0.402. The molecule has 10 heteroatoms. The Labute approximate surface area is 173 Å². The summed E-state index contributed by atoms with van der Waals surface area (Å²) in [5.41, 5.74) is -0.752. The number of amides is 2. The van der Waals surface area contributed by atoms with E-state index < -0.39 is 28.6 Å². The molecular formula is C20H13F3N2O4S. The molecule has 1 saturated heterocycles. The van der Waals surface area contributed by atoms with Crippen LogP contribution in [0.15, 0.2) is 41.3 Å². The number of imide groups is 1. The second-order valence-electron chi connectivity index (χ2n) is 6.04. The fraction of sp³-hybridized carbons (Fsp3) is 0.150. The zero-order chi connectivity index (χ0) is 22.1. The van der Waals surface area contributed by atoms with Crippen LogP contribution >= 0.6 is 11.8 Å². The number of thioether (sulfide) groups is 1. The Hall–Kier alpha value is -3.45. The summed E-state index contributed by atoms with van der Waals surface area (Å²) >= 11 is 0.782. The summed E-state index contributed by atoms with van der Waals surface area (Å²) < 4.78 is 50.7. The molecule has 0 spiro atoms. The van der Waals surface area contributed by atoms with Crippen molar-refractivity contribution in [2.24, 2.45) is 0 Å². The van der Waals surface area contributed by atoms with Crippen molar-refractivity contribution in [2.75, 3.05) is 14.2 Å². The van der Waals surface area contributed by atoms with Crippen molar-refractivity contribution in [3.63, 3.8) is 0 Å². The zero-order valence-electron chi connectivity index (χ0n) is 15.6. The van der Waals surface area contributed by atoms with Gasteiger partial charge in [-0.3, -0.25) is 14.5 Å². The lowest BCUT2D eigenvalue weighted by molar-refractivity contribution is -0.138. The molecule has 30 heavy (non-hydrogen) atoms. The number of methoxy groups -OCH3 is 1. The summed E-state index contributed by atoms with van der Waals surface area (Å²) in [6, 6.07) is 7.38. The summed E-state index contributed by atoms with van der Waals surface area (Å²) in [5.74, 6) is -0.784. The number of carbonyl (C=O) groups excluding carboxylic acids is 2. The first kappa shape index (κ1) is 21.3. The van der Waals surface area contributed by atoms with Crippen LogP contribution in [0.25, 0.3) is 10.9 Å². The zero-order valence-corrected chi connectivity index (χ0v) is 16.4. The lowest BCUT2D eigenvalue weighted by Gasteiger charge is -2.16. The molecule has 154 valence electrons. The van der Waals surface area contributed by atoms with E-state index in [9.17, 15) is 22.8 Å². The maximum atomic E-state index is 13.4. The van der Waals surface area contributed by atoms with Crippen LogP contribution in [0.3, 0.4) is 0 Å². The molecule has 0 N–H and O–H groups in total. The molecule has 1 aliphatic heterocycles. The third kappa shape index (κ3) is 4.26. The molecule has 6 nitrogen and oxygen atoms in total. The molecule has 0 aliphatic carbocycles. The van der Waals surface area contributed by atoms with Crippen LogP contribution in [0.1, 0.15) is 11.1 Å². The Morgan fingerprint density at radius 3 is 2.37 bits per heavy atom. The standard InChI is InChI=1S/C20H13F3N2O4S/c1-24-12-5-7-14(13(10-12)20(21,22)23)29-15-6-4-11(8-16(15)28-3)9-17-18(26)25(2)19(27)30-17/h4-10H,2-3H3/b17-9-. The van der Waals surface area contributed by atoms with Gasteiger partial charge < -0.3 is 9.47 Å². The molecule has 0 radical (unpaired) electrons. The van der Waals surface area contributed by atoms with Gasteiger partial charge in [0.1, 0.15) is 5.75 Å². The van der Waals surface area contributed by atoms with Gasteiger partial charge in [0, 0.05) is 7.05 Å². The van der Waals surface area contributed by atoms with Gasteiger partial charge in [0.05, 0.1) is 24.2 Å². The molecule has 1 heterocycles. The third-order valence-electron chi connectivity index (χ3n) is 4.09. The van der Waals surface area contributed by atoms with Crippen molar-refractivity contribution in [3.05, 3.63) is 63.8 Å². The second kappa shape index (κ2) is 8.12. The quantitative estimate of drug-likeness (QED) is 0.455. The summed E-state index contributed by atoms with van der Waals surface area (Å²) in [7, 11) is 2.69. The van der Waals surface area contributed by atoms with E-state index in [0.29, 0.717) is 11.6 Å². The molecule has 0 atom stereocenters. The Bertz CT molecular complexity index is 1110. The lowest BCUT2D eigenvalue weighted by atomic mass is 10.1. The number of alkyl halides is 3. The van der Waals surface area contributed by atoms with E-state index in [0.717, 1.165) is 22.7 Å². The first-order valence-electron chi connectivity index (χ1n) is 8.30. The maximum absolute atomic E-state index is 13.4. The van der Waals surface area contributed by atoms with Crippen LogP contribution in [0, 0.1) is 6.57 Å². The van der Waals surface area contributed by atoms with Crippen molar-refractivity contribution in [1.29, 1.82) is 0 Å². The highest BCUT2D eigenvalue weighted by Gasteiger charge is 2.35. The number of hydrogen-bond donors (Lipinski definition) is 0. The predicted molar refractivity (Wildman–Crippen MR) is 105 cm³/mol. The van der Waals surface area contributed by atoms with Crippen molar-refractivity contribution in [3.8, 4) is 17.2 Å². The van der Waals surface area contributed by atoms with E-state index in [-0.39, 0.29) is 22.1 Å². The number of rotatable bonds is 4. The Kier molecular flexibility index (Phi) is 5.75. The van der Waals surface area contributed by atoms with E-state index in [1.54, 1.807) is 0 Å². The average molecular weight is 434 g/mol. The number of benzene rings is 2. The normalized spacial score (nSPS) is 15.5. The molecule has 2 amide bonds. The van der Waals surface area contributed by atoms with E-state index in [4.69, 9.17) is 16.0 Å². The van der Waals surface area contributed by atoms with Crippen LogP contribution in [0.2, 0.25) is 0 Å². The summed E-state index contributed by atoms with van der Waals surface area (Å²) in [6.07, 6.45) is -3.24. The van der Waals surface area contributed by atoms with Crippen molar-refractivity contribution in [2.45, 2.75) is 6.18 Å².